The molecule has 76 valence electrons. The highest BCUT2D eigenvalue weighted by Gasteiger charge is 2.25. The number of hydrogen-bond acceptors (Lipinski definition) is 3. The molecule has 14 heavy (non-hydrogen) atoms. The van der Waals surface area contributed by atoms with Crippen molar-refractivity contribution < 1.29 is 4.55 Å². The minimum absolute atomic E-state index is 0.302. The zero-order chi connectivity index (χ0) is 10.6. The Morgan fingerprint density at radius 3 is 2.43 bits per heavy atom. The van der Waals surface area contributed by atoms with Crippen molar-refractivity contribution >= 4 is 17.6 Å². The van der Waals surface area contributed by atoms with Crippen LogP contribution in [0.3, 0.4) is 0 Å². The van der Waals surface area contributed by atoms with Crippen LogP contribution in [0.5, 0.6) is 0 Å². The van der Waals surface area contributed by atoms with Crippen LogP contribution in [0.2, 0.25) is 0 Å². The molecule has 1 aromatic heterocycles. The highest BCUT2D eigenvalue weighted by atomic mass is 32.2. The van der Waals surface area contributed by atoms with Crippen molar-refractivity contribution in [2.45, 2.75) is 25.5 Å². The van der Waals surface area contributed by atoms with Crippen molar-refractivity contribution in [3.8, 4) is 0 Å². The summed E-state index contributed by atoms with van der Waals surface area (Å²) in [5.74, 6) is 0. The second-order valence-corrected chi connectivity index (χ2v) is 5.81. The number of aromatic nitrogens is 1. The van der Waals surface area contributed by atoms with Crippen LogP contribution in [0.4, 0.5) is 0 Å². The Morgan fingerprint density at radius 1 is 1.36 bits per heavy atom. The summed E-state index contributed by atoms with van der Waals surface area (Å²) < 4.78 is 15.2. The molecule has 1 heterocycles. The summed E-state index contributed by atoms with van der Waals surface area (Å²) in [6.45, 7) is 5.69. The van der Waals surface area contributed by atoms with E-state index >= 15 is 0 Å². The van der Waals surface area contributed by atoms with E-state index in [1.54, 1.807) is 18.6 Å². The average molecular weight is 210 g/mol. The molecule has 0 spiro atoms. The summed E-state index contributed by atoms with van der Waals surface area (Å²) >= 11 is -1.19. The van der Waals surface area contributed by atoms with Crippen molar-refractivity contribution in [3.05, 3.63) is 30.1 Å². The Balaban J connectivity index is 2.66. The Morgan fingerprint density at radius 2 is 1.93 bits per heavy atom. The zero-order valence-corrected chi connectivity index (χ0v) is 9.41. The highest BCUT2D eigenvalue weighted by Crippen LogP contribution is 2.16. The Hall–Kier alpha value is -0.870. The smallest absolute Gasteiger partial charge is 0.144 e. The molecule has 1 aromatic rings. The fraction of sp³-hybridized carbons (Fsp3) is 0.400. The molecule has 0 bridgehead atoms. The topological polar surface area (TPSA) is 48.3 Å². The van der Waals surface area contributed by atoms with E-state index in [1.807, 2.05) is 32.9 Å². The van der Waals surface area contributed by atoms with Crippen LogP contribution in [0, 0.1) is 0 Å². The van der Waals surface area contributed by atoms with Gasteiger partial charge in [-0.2, -0.15) is 0 Å². The summed E-state index contributed by atoms with van der Waals surface area (Å²) in [6.07, 6.45) is 4.98. The van der Waals surface area contributed by atoms with Gasteiger partial charge in [0.25, 0.3) is 0 Å². The summed E-state index contributed by atoms with van der Waals surface area (Å²) in [7, 11) is 0. The van der Waals surface area contributed by atoms with Crippen molar-refractivity contribution in [1.82, 2.24) is 4.98 Å². The number of hydrogen-bond donors (Lipinski definition) is 0. The molecule has 0 saturated heterocycles. The lowest BCUT2D eigenvalue weighted by molar-refractivity contribution is 0.562. The van der Waals surface area contributed by atoms with Gasteiger partial charge in [-0.05, 0) is 32.9 Å². The van der Waals surface area contributed by atoms with Crippen LogP contribution in [0.1, 0.15) is 26.3 Å². The normalized spacial score (nSPS) is 14.6. The third kappa shape index (κ3) is 3.47. The van der Waals surface area contributed by atoms with Crippen LogP contribution in [-0.4, -0.2) is 20.5 Å². The van der Waals surface area contributed by atoms with Gasteiger partial charge >= 0.3 is 0 Å². The third-order valence-corrected chi connectivity index (χ3v) is 2.87. The first-order chi connectivity index (χ1) is 6.50. The molecule has 0 N–H and O–H groups in total. The third-order valence-electron chi connectivity index (χ3n) is 1.53. The number of pyridine rings is 1. The first kappa shape index (κ1) is 11.2. The van der Waals surface area contributed by atoms with Crippen LogP contribution >= 0.6 is 0 Å². The van der Waals surface area contributed by atoms with E-state index in [0.29, 0.717) is 0 Å². The van der Waals surface area contributed by atoms with Crippen molar-refractivity contribution in [3.63, 3.8) is 0 Å². The molecule has 1 unspecified atom stereocenters. The van der Waals surface area contributed by atoms with Crippen LogP contribution in [-0.2, 0) is 11.4 Å². The van der Waals surface area contributed by atoms with Gasteiger partial charge in [-0.3, -0.25) is 4.98 Å². The molecule has 3 nitrogen and oxygen atoms in total. The average Bonchev–Trinajstić information content (AvgIpc) is 2.14. The highest BCUT2D eigenvalue weighted by molar-refractivity contribution is 7.91. The van der Waals surface area contributed by atoms with Crippen molar-refractivity contribution in [1.29, 1.82) is 0 Å². The molecule has 0 radical (unpaired) electrons. The van der Waals surface area contributed by atoms with Gasteiger partial charge in [0.1, 0.15) is 16.1 Å². The minimum Gasteiger partial charge on any atom is -0.591 e. The summed E-state index contributed by atoms with van der Waals surface area (Å²) in [6, 6.07) is 3.65. The van der Waals surface area contributed by atoms with Gasteiger partial charge in [-0.1, -0.05) is 4.40 Å². The molecule has 0 aliphatic carbocycles. The predicted molar refractivity (Wildman–Crippen MR) is 59.7 cm³/mol. The monoisotopic (exact) mass is 210 g/mol. The Labute approximate surface area is 87.6 Å². The fourth-order valence-corrected chi connectivity index (χ4v) is 1.25. The zero-order valence-electron chi connectivity index (χ0n) is 8.60. The van der Waals surface area contributed by atoms with E-state index in [9.17, 15) is 4.55 Å². The van der Waals surface area contributed by atoms with E-state index in [2.05, 4.69) is 9.38 Å². The quantitative estimate of drug-likeness (QED) is 0.553. The first-order valence-corrected chi connectivity index (χ1v) is 5.47. The van der Waals surface area contributed by atoms with Gasteiger partial charge in [0.15, 0.2) is 0 Å². The second-order valence-electron chi connectivity index (χ2n) is 3.88. The maximum atomic E-state index is 11.5. The van der Waals surface area contributed by atoms with E-state index < -0.39 is 11.4 Å². The summed E-state index contributed by atoms with van der Waals surface area (Å²) in [5, 5.41) is 0. The van der Waals surface area contributed by atoms with E-state index in [4.69, 9.17) is 0 Å². The van der Waals surface area contributed by atoms with E-state index in [1.165, 1.54) is 0 Å². The van der Waals surface area contributed by atoms with Gasteiger partial charge in [0.2, 0.25) is 0 Å². The Bertz CT molecular complexity index is 306. The Kier molecular flexibility index (Phi) is 3.66. The van der Waals surface area contributed by atoms with E-state index in [-0.39, 0.29) is 4.75 Å². The first-order valence-electron chi connectivity index (χ1n) is 4.36. The number of rotatable bonds is 2. The summed E-state index contributed by atoms with van der Waals surface area (Å²) in [5.41, 5.74) is 0.914. The standard InChI is InChI=1S/C10H14N2OS/c1-10(2,3)14(13)12-8-9-4-6-11-7-5-9/h4-8H,1-3H3/b12-8+. The molecule has 0 aliphatic rings. The van der Waals surface area contributed by atoms with Crippen LogP contribution < -0.4 is 0 Å². The molecule has 0 saturated carbocycles. The van der Waals surface area contributed by atoms with Crippen molar-refractivity contribution in [2.24, 2.45) is 4.40 Å². The van der Waals surface area contributed by atoms with E-state index in [0.717, 1.165) is 5.56 Å². The number of nitrogens with zero attached hydrogens (tertiary/aromatic N) is 2. The molecule has 0 aromatic carbocycles. The van der Waals surface area contributed by atoms with Gasteiger partial charge in [-0.15, -0.1) is 0 Å². The molecule has 0 fully saturated rings. The largest absolute Gasteiger partial charge is 0.591 e. The molecule has 1 rings (SSSR count). The minimum atomic E-state index is -1.19. The molecule has 0 aliphatic heterocycles. The van der Waals surface area contributed by atoms with Crippen LogP contribution in [0.15, 0.2) is 28.9 Å². The predicted octanol–water partition coefficient (Wildman–Crippen LogP) is 1.96. The molecule has 1 atom stereocenters. The van der Waals surface area contributed by atoms with Crippen molar-refractivity contribution in [2.75, 3.05) is 0 Å². The SMILES string of the molecule is CC(C)(C)[S+]([O-])/N=C/c1ccncc1. The maximum absolute atomic E-state index is 11.5. The van der Waals surface area contributed by atoms with Gasteiger partial charge in [-0.25, -0.2) is 0 Å². The summed E-state index contributed by atoms with van der Waals surface area (Å²) in [4.78, 5) is 3.88. The van der Waals surface area contributed by atoms with Gasteiger partial charge in [0.05, 0.1) is 6.21 Å². The van der Waals surface area contributed by atoms with Gasteiger partial charge < -0.3 is 4.55 Å². The fourth-order valence-electron chi connectivity index (χ4n) is 0.716. The van der Waals surface area contributed by atoms with Crippen LogP contribution in [0.25, 0.3) is 0 Å². The lowest BCUT2D eigenvalue weighted by Crippen LogP contribution is -2.25. The molecular weight excluding hydrogens is 196 g/mol. The lowest BCUT2D eigenvalue weighted by atomic mass is 10.3. The van der Waals surface area contributed by atoms with Gasteiger partial charge in [0, 0.05) is 18.0 Å². The molecule has 0 amide bonds. The molecular formula is C10H14N2OS. The molecule has 4 heteroatoms. The maximum Gasteiger partial charge on any atom is 0.144 e. The second kappa shape index (κ2) is 4.57. The lowest BCUT2D eigenvalue weighted by Gasteiger charge is -2.17.